The third kappa shape index (κ3) is 2.98. The molecule has 0 spiro atoms. The second-order valence-corrected chi connectivity index (χ2v) is 7.02. The number of rotatable bonds is 3. The van der Waals surface area contributed by atoms with E-state index in [0.717, 1.165) is 11.1 Å². The molecule has 2 aromatic carbocycles. The van der Waals surface area contributed by atoms with Gasteiger partial charge in [0.15, 0.2) is 5.79 Å². The lowest BCUT2D eigenvalue weighted by Crippen LogP contribution is -2.49. The minimum Gasteiger partial charge on any atom is -0.426 e. The van der Waals surface area contributed by atoms with E-state index < -0.39 is 22.7 Å². The van der Waals surface area contributed by atoms with Crippen LogP contribution in [0.3, 0.4) is 0 Å². The summed E-state index contributed by atoms with van der Waals surface area (Å²) in [6, 6.07) is 13.6. The molecule has 1 fully saturated rings. The highest BCUT2D eigenvalue weighted by Crippen LogP contribution is 2.53. The van der Waals surface area contributed by atoms with Gasteiger partial charge in [0.05, 0.1) is 10.8 Å². The van der Waals surface area contributed by atoms with Gasteiger partial charge in [-0.3, -0.25) is 14.9 Å². The lowest BCUT2D eigenvalue weighted by molar-refractivity contribution is -0.384. The number of hydrogen-bond acceptors (Lipinski definition) is 6. The number of para-hydroxylation sites is 1. The van der Waals surface area contributed by atoms with Gasteiger partial charge in [0.1, 0.15) is 11.9 Å². The number of ether oxygens (including phenoxy) is 3. The molecule has 1 saturated heterocycles. The predicted octanol–water partition coefficient (Wildman–Crippen LogP) is 3.74. The molecule has 2 aliphatic heterocycles. The fourth-order valence-electron chi connectivity index (χ4n) is 3.96. The fourth-order valence-corrected chi connectivity index (χ4v) is 3.96. The monoisotopic (exact) mass is 369 g/mol. The summed E-state index contributed by atoms with van der Waals surface area (Å²) in [7, 11) is 1.57. The fraction of sp³-hybridized carbons (Fsp3) is 0.350. The van der Waals surface area contributed by atoms with Crippen LogP contribution < -0.4 is 4.74 Å². The number of hydrogen-bond donors (Lipinski definition) is 0. The summed E-state index contributed by atoms with van der Waals surface area (Å²) in [6.07, 6.45) is -0.0823. The Kier molecular flexibility index (Phi) is 4.20. The molecule has 0 aliphatic carbocycles. The Bertz CT molecular complexity index is 896. The van der Waals surface area contributed by atoms with E-state index >= 15 is 0 Å². The van der Waals surface area contributed by atoms with Crippen LogP contribution in [0.15, 0.2) is 48.5 Å². The van der Waals surface area contributed by atoms with Crippen LogP contribution >= 0.6 is 0 Å². The lowest BCUT2D eigenvalue weighted by Gasteiger charge is -2.47. The van der Waals surface area contributed by atoms with Crippen molar-refractivity contribution in [1.82, 2.24) is 0 Å². The van der Waals surface area contributed by atoms with E-state index in [1.807, 2.05) is 19.1 Å². The SMILES string of the molecule is COC1(C)CC(c2ccc([N+](=O)[O-])cc2)C2C(=O)Oc3ccccc3C2O1. The van der Waals surface area contributed by atoms with Crippen LogP contribution in [0.1, 0.15) is 36.5 Å². The van der Waals surface area contributed by atoms with Gasteiger partial charge in [-0.1, -0.05) is 30.3 Å². The molecule has 0 amide bonds. The molecule has 7 nitrogen and oxygen atoms in total. The number of nitro benzene ring substituents is 1. The smallest absolute Gasteiger partial charge is 0.317 e. The molecule has 0 bridgehead atoms. The third-order valence-corrected chi connectivity index (χ3v) is 5.40. The van der Waals surface area contributed by atoms with Gasteiger partial charge in [-0.2, -0.15) is 0 Å². The number of nitrogens with zero attached hydrogens (tertiary/aromatic N) is 1. The van der Waals surface area contributed by atoms with Crippen LogP contribution in [0.5, 0.6) is 5.75 Å². The summed E-state index contributed by atoms with van der Waals surface area (Å²) in [5.74, 6) is -1.56. The second kappa shape index (κ2) is 6.44. The normalized spacial score (nSPS) is 29.4. The number of non-ortho nitro benzene ring substituents is 1. The molecule has 0 aromatic heterocycles. The van der Waals surface area contributed by atoms with Crippen molar-refractivity contribution >= 4 is 11.7 Å². The Morgan fingerprint density at radius 2 is 1.89 bits per heavy atom. The maximum Gasteiger partial charge on any atom is 0.317 e. The van der Waals surface area contributed by atoms with Crippen LogP contribution in [0.25, 0.3) is 0 Å². The van der Waals surface area contributed by atoms with Crippen molar-refractivity contribution in [3.63, 3.8) is 0 Å². The van der Waals surface area contributed by atoms with E-state index in [4.69, 9.17) is 14.2 Å². The Morgan fingerprint density at radius 3 is 2.56 bits per heavy atom. The molecule has 2 aromatic rings. The number of carbonyl (C=O) groups excluding carboxylic acids is 1. The quantitative estimate of drug-likeness (QED) is 0.354. The summed E-state index contributed by atoms with van der Waals surface area (Å²) in [4.78, 5) is 23.3. The molecule has 4 atom stereocenters. The van der Waals surface area contributed by atoms with Crippen molar-refractivity contribution in [2.75, 3.05) is 7.11 Å². The standard InChI is InChI=1S/C20H19NO6/c1-20(25-2)11-15(12-7-9-13(10-8-12)21(23)24)17-18(27-20)14-5-3-4-6-16(14)26-19(17)22/h3-10,15,17-18H,11H2,1-2H3. The van der Waals surface area contributed by atoms with E-state index in [1.54, 1.807) is 31.4 Å². The Labute approximate surface area is 156 Å². The average Bonchev–Trinajstić information content (AvgIpc) is 2.67. The largest absolute Gasteiger partial charge is 0.426 e. The van der Waals surface area contributed by atoms with Crippen molar-refractivity contribution < 1.29 is 23.9 Å². The maximum atomic E-state index is 12.8. The molecule has 4 rings (SSSR count). The van der Waals surface area contributed by atoms with Gasteiger partial charge in [0, 0.05) is 37.1 Å². The van der Waals surface area contributed by atoms with Gasteiger partial charge in [0.25, 0.3) is 5.69 Å². The van der Waals surface area contributed by atoms with Gasteiger partial charge in [-0.25, -0.2) is 0 Å². The molecule has 27 heavy (non-hydrogen) atoms. The van der Waals surface area contributed by atoms with E-state index in [1.165, 1.54) is 12.1 Å². The first kappa shape index (κ1) is 17.6. The van der Waals surface area contributed by atoms with Gasteiger partial charge in [-0.15, -0.1) is 0 Å². The molecule has 2 aliphatic rings. The first-order chi connectivity index (χ1) is 12.9. The molecule has 4 unspecified atom stereocenters. The number of methoxy groups -OCH3 is 1. The van der Waals surface area contributed by atoms with Crippen LogP contribution in [-0.4, -0.2) is 23.8 Å². The summed E-state index contributed by atoms with van der Waals surface area (Å²) < 4.78 is 17.4. The van der Waals surface area contributed by atoms with Gasteiger partial charge >= 0.3 is 5.97 Å². The first-order valence-electron chi connectivity index (χ1n) is 8.70. The van der Waals surface area contributed by atoms with Crippen LogP contribution in [0, 0.1) is 16.0 Å². The summed E-state index contributed by atoms with van der Waals surface area (Å²) >= 11 is 0. The van der Waals surface area contributed by atoms with Crippen LogP contribution in [0.4, 0.5) is 5.69 Å². The van der Waals surface area contributed by atoms with E-state index in [9.17, 15) is 14.9 Å². The predicted molar refractivity (Wildman–Crippen MR) is 95.3 cm³/mol. The molecule has 0 radical (unpaired) electrons. The van der Waals surface area contributed by atoms with E-state index in [-0.39, 0.29) is 17.6 Å². The van der Waals surface area contributed by atoms with Gasteiger partial charge in [-0.05, 0) is 18.6 Å². The van der Waals surface area contributed by atoms with Gasteiger partial charge < -0.3 is 14.2 Å². The van der Waals surface area contributed by atoms with Crippen molar-refractivity contribution in [3.05, 3.63) is 69.8 Å². The number of nitro groups is 1. The van der Waals surface area contributed by atoms with Crippen LogP contribution in [0.2, 0.25) is 0 Å². The zero-order chi connectivity index (χ0) is 19.2. The van der Waals surface area contributed by atoms with Crippen molar-refractivity contribution in [2.24, 2.45) is 5.92 Å². The van der Waals surface area contributed by atoms with Gasteiger partial charge in [0.2, 0.25) is 0 Å². The maximum absolute atomic E-state index is 12.8. The zero-order valence-corrected chi connectivity index (χ0v) is 15.0. The van der Waals surface area contributed by atoms with Crippen molar-refractivity contribution in [2.45, 2.75) is 31.2 Å². The highest BCUT2D eigenvalue weighted by Gasteiger charge is 2.52. The molecule has 0 N–H and O–H groups in total. The summed E-state index contributed by atoms with van der Waals surface area (Å²) in [6.45, 7) is 1.84. The lowest BCUT2D eigenvalue weighted by atomic mass is 9.73. The zero-order valence-electron chi connectivity index (χ0n) is 15.0. The molecule has 7 heteroatoms. The Hall–Kier alpha value is -2.77. The third-order valence-electron chi connectivity index (χ3n) is 5.40. The van der Waals surface area contributed by atoms with E-state index in [0.29, 0.717) is 12.2 Å². The summed E-state index contributed by atoms with van der Waals surface area (Å²) in [5, 5.41) is 10.9. The molecular weight excluding hydrogens is 350 g/mol. The Balaban J connectivity index is 1.79. The molecule has 140 valence electrons. The average molecular weight is 369 g/mol. The van der Waals surface area contributed by atoms with Crippen LogP contribution in [-0.2, 0) is 14.3 Å². The molecular formula is C20H19NO6. The molecule has 2 heterocycles. The summed E-state index contributed by atoms with van der Waals surface area (Å²) in [5.41, 5.74) is 1.63. The second-order valence-electron chi connectivity index (χ2n) is 7.02. The minimum absolute atomic E-state index is 0.00780. The van der Waals surface area contributed by atoms with Crippen molar-refractivity contribution in [3.8, 4) is 5.75 Å². The number of fused-ring (bicyclic) bond motifs is 3. The molecule has 0 saturated carbocycles. The highest BCUT2D eigenvalue weighted by molar-refractivity contribution is 5.80. The highest BCUT2D eigenvalue weighted by atomic mass is 16.7. The number of benzene rings is 2. The Morgan fingerprint density at radius 1 is 1.19 bits per heavy atom. The van der Waals surface area contributed by atoms with E-state index in [2.05, 4.69) is 0 Å². The number of carbonyl (C=O) groups is 1. The number of esters is 1. The first-order valence-corrected chi connectivity index (χ1v) is 8.70. The minimum atomic E-state index is -0.891. The topological polar surface area (TPSA) is 87.9 Å². The van der Waals surface area contributed by atoms with Crippen molar-refractivity contribution in [1.29, 1.82) is 0 Å².